The van der Waals surface area contributed by atoms with Gasteiger partial charge in [0.15, 0.2) is 0 Å². The molecular weight excluding hydrogens is 296 g/mol. The molecular formula is C16H20N4O3. The van der Waals surface area contributed by atoms with Crippen molar-refractivity contribution in [2.45, 2.75) is 32.0 Å². The van der Waals surface area contributed by atoms with Crippen molar-refractivity contribution in [1.29, 1.82) is 0 Å². The zero-order chi connectivity index (χ0) is 16.4. The van der Waals surface area contributed by atoms with E-state index in [0.717, 1.165) is 13.0 Å². The highest BCUT2D eigenvalue weighted by molar-refractivity contribution is 5.32. The molecule has 1 aliphatic heterocycles. The first-order chi connectivity index (χ1) is 11.0. The summed E-state index contributed by atoms with van der Waals surface area (Å²) in [5.41, 5.74) is 2.62. The molecule has 2 atom stereocenters. The fourth-order valence-electron chi connectivity index (χ4n) is 3.16. The maximum absolute atomic E-state index is 10.7. The van der Waals surface area contributed by atoms with E-state index in [4.69, 9.17) is 0 Å². The van der Waals surface area contributed by atoms with Crippen LogP contribution in [0.5, 0.6) is 0 Å². The Morgan fingerprint density at radius 1 is 1.43 bits per heavy atom. The molecule has 1 aliphatic rings. The third kappa shape index (κ3) is 3.40. The summed E-state index contributed by atoms with van der Waals surface area (Å²) >= 11 is 0. The summed E-state index contributed by atoms with van der Waals surface area (Å²) in [6, 6.07) is 8.64. The largest absolute Gasteiger partial charge is 0.390 e. The lowest BCUT2D eigenvalue weighted by atomic mass is 9.93. The molecule has 0 bridgehead atoms. The van der Waals surface area contributed by atoms with E-state index in [-0.39, 0.29) is 18.3 Å². The molecule has 0 radical (unpaired) electrons. The van der Waals surface area contributed by atoms with Gasteiger partial charge in [-0.3, -0.25) is 19.7 Å². The summed E-state index contributed by atoms with van der Waals surface area (Å²) in [4.78, 5) is 12.4. The van der Waals surface area contributed by atoms with Gasteiger partial charge in [0.05, 0.1) is 17.6 Å². The first kappa shape index (κ1) is 15.6. The van der Waals surface area contributed by atoms with E-state index in [0.29, 0.717) is 6.54 Å². The van der Waals surface area contributed by atoms with Crippen LogP contribution in [0.4, 0.5) is 5.69 Å². The number of rotatable bonds is 5. The van der Waals surface area contributed by atoms with Crippen molar-refractivity contribution in [2.24, 2.45) is 0 Å². The molecule has 1 aromatic carbocycles. The summed E-state index contributed by atoms with van der Waals surface area (Å²) in [5.74, 6) is 0. The lowest BCUT2D eigenvalue weighted by Crippen LogP contribution is -2.40. The number of hydrogen-bond acceptors (Lipinski definition) is 5. The Bertz CT molecular complexity index is 700. The van der Waals surface area contributed by atoms with Crippen molar-refractivity contribution < 1.29 is 10.0 Å². The Kier molecular flexibility index (Phi) is 4.40. The van der Waals surface area contributed by atoms with Gasteiger partial charge >= 0.3 is 5.69 Å². The molecule has 0 saturated heterocycles. The van der Waals surface area contributed by atoms with E-state index >= 15 is 0 Å². The van der Waals surface area contributed by atoms with Gasteiger partial charge in [0.2, 0.25) is 0 Å². The van der Waals surface area contributed by atoms with Gasteiger partial charge in [0, 0.05) is 19.1 Å². The second kappa shape index (κ2) is 6.47. The molecule has 2 unspecified atom stereocenters. The molecule has 0 spiro atoms. The van der Waals surface area contributed by atoms with Gasteiger partial charge in [-0.25, -0.2) is 0 Å². The predicted octanol–water partition coefficient (Wildman–Crippen LogP) is 1.77. The Hall–Kier alpha value is -2.25. The van der Waals surface area contributed by atoms with Gasteiger partial charge in [0.25, 0.3) is 0 Å². The van der Waals surface area contributed by atoms with E-state index in [1.165, 1.54) is 28.2 Å². The Labute approximate surface area is 134 Å². The van der Waals surface area contributed by atoms with Crippen LogP contribution in [0, 0.1) is 10.1 Å². The average Bonchev–Trinajstić information content (AvgIpc) is 2.99. The van der Waals surface area contributed by atoms with Gasteiger partial charge < -0.3 is 5.11 Å². The van der Waals surface area contributed by atoms with Crippen LogP contribution in [0.25, 0.3) is 0 Å². The molecule has 0 amide bonds. The minimum absolute atomic E-state index is 0.0579. The maximum atomic E-state index is 10.7. The predicted molar refractivity (Wildman–Crippen MR) is 85.0 cm³/mol. The van der Waals surface area contributed by atoms with Gasteiger partial charge in [0.1, 0.15) is 12.4 Å². The summed E-state index contributed by atoms with van der Waals surface area (Å²) in [6.07, 6.45) is 2.90. The molecule has 0 fully saturated rings. The summed E-state index contributed by atoms with van der Waals surface area (Å²) < 4.78 is 1.42. The third-order valence-corrected chi connectivity index (χ3v) is 4.39. The number of aromatic nitrogens is 2. The topological polar surface area (TPSA) is 84.4 Å². The van der Waals surface area contributed by atoms with Crippen LogP contribution in [0.2, 0.25) is 0 Å². The summed E-state index contributed by atoms with van der Waals surface area (Å²) in [7, 11) is 0. The molecule has 0 aliphatic carbocycles. The smallest absolute Gasteiger partial charge is 0.306 e. The molecule has 3 rings (SSSR count). The second-order valence-corrected chi connectivity index (χ2v) is 5.95. The van der Waals surface area contributed by atoms with Gasteiger partial charge in [-0.15, -0.1) is 0 Å². The number of β-amino-alcohol motifs (C(OH)–C–C–N with tert-alkyl or cyclic N) is 1. The van der Waals surface area contributed by atoms with Crippen LogP contribution in [0.3, 0.4) is 0 Å². The number of aliphatic hydroxyl groups is 1. The van der Waals surface area contributed by atoms with Gasteiger partial charge in [-0.05, 0) is 24.5 Å². The Balaban J connectivity index is 1.62. The SMILES string of the molecule is CC1c2ccccc2CCN1CC(O)Cn1cc([N+](=O)[O-])cn1. The molecule has 122 valence electrons. The van der Waals surface area contributed by atoms with Crippen molar-refractivity contribution >= 4 is 5.69 Å². The van der Waals surface area contributed by atoms with Crippen LogP contribution in [0.1, 0.15) is 24.1 Å². The van der Waals surface area contributed by atoms with Crippen LogP contribution in [-0.2, 0) is 13.0 Å². The van der Waals surface area contributed by atoms with Crippen molar-refractivity contribution in [3.05, 3.63) is 57.9 Å². The standard InChI is InChI=1S/C16H20N4O3/c1-12-16-5-3-2-4-13(16)6-7-18(12)10-15(21)11-19-9-14(8-17-19)20(22)23/h2-5,8-9,12,15,21H,6-7,10-11H2,1H3. The van der Waals surface area contributed by atoms with Crippen molar-refractivity contribution in [2.75, 3.05) is 13.1 Å². The summed E-state index contributed by atoms with van der Waals surface area (Å²) in [5, 5.41) is 24.9. The van der Waals surface area contributed by atoms with Crippen molar-refractivity contribution in [3.8, 4) is 0 Å². The molecule has 0 saturated carbocycles. The number of nitro groups is 1. The quantitative estimate of drug-likeness (QED) is 0.671. The molecule has 2 aromatic rings. The van der Waals surface area contributed by atoms with E-state index in [1.807, 2.05) is 6.07 Å². The van der Waals surface area contributed by atoms with Crippen LogP contribution < -0.4 is 0 Å². The molecule has 1 aromatic heterocycles. The molecule has 7 nitrogen and oxygen atoms in total. The second-order valence-electron chi connectivity index (χ2n) is 5.95. The van der Waals surface area contributed by atoms with E-state index in [1.54, 1.807) is 0 Å². The first-order valence-corrected chi connectivity index (χ1v) is 7.71. The zero-order valence-corrected chi connectivity index (χ0v) is 13.0. The minimum atomic E-state index is -0.623. The van der Waals surface area contributed by atoms with Gasteiger partial charge in [-0.1, -0.05) is 24.3 Å². The Morgan fingerprint density at radius 3 is 2.96 bits per heavy atom. The number of nitrogens with zero attached hydrogens (tertiary/aromatic N) is 4. The monoisotopic (exact) mass is 316 g/mol. The fourth-order valence-corrected chi connectivity index (χ4v) is 3.16. The Morgan fingerprint density at radius 2 is 2.22 bits per heavy atom. The fraction of sp³-hybridized carbons (Fsp3) is 0.438. The van der Waals surface area contributed by atoms with E-state index in [9.17, 15) is 15.2 Å². The van der Waals surface area contributed by atoms with Crippen LogP contribution >= 0.6 is 0 Å². The molecule has 23 heavy (non-hydrogen) atoms. The van der Waals surface area contributed by atoms with Crippen molar-refractivity contribution in [3.63, 3.8) is 0 Å². The molecule has 2 heterocycles. The molecule has 1 N–H and O–H groups in total. The third-order valence-electron chi connectivity index (χ3n) is 4.39. The van der Waals surface area contributed by atoms with Gasteiger partial charge in [-0.2, -0.15) is 5.10 Å². The highest BCUT2D eigenvalue weighted by Crippen LogP contribution is 2.29. The van der Waals surface area contributed by atoms with Crippen LogP contribution in [0.15, 0.2) is 36.7 Å². The zero-order valence-electron chi connectivity index (χ0n) is 13.0. The number of fused-ring (bicyclic) bond motifs is 1. The summed E-state index contributed by atoms with van der Waals surface area (Å²) in [6.45, 7) is 3.81. The number of hydrogen-bond donors (Lipinski definition) is 1. The highest BCUT2D eigenvalue weighted by Gasteiger charge is 2.25. The molecule has 7 heteroatoms. The average molecular weight is 316 g/mol. The lowest BCUT2D eigenvalue weighted by Gasteiger charge is -2.36. The van der Waals surface area contributed by atoms with Crippen LogP contribution in [-0.4, -0.2) is 43.9 Å². The maximum Gasteiger partial charge on any atom is 0.306 e. The van der Waals surface area contributed by atoms with Crippen molar-refractivity contribution in [1.82, 2.24) is 14.7 Å². The first-order valence-electron chi connectivity index (χ1n) is 7.71. The normalized spacial score (nSPS) is 19.3. The van der Waals surface area contributed by atoms with E-state index < -0.39 is 11.0 Å². The number of benzene rings is 1. The number of aliphatic hydroxyl groups excluding tert-OH is 1. The lowest BCUT2D eigenvalue weighted by molar-refractivity contribution is -0.385. The minimum Gasteiger partial charge on any atom is -0.390 e. The highest BCUT2D eigenvalue weighted by atomic mass is 16.6. The van der Waals surface area contributed by atoms with E-state index in [2.05, 4.69) is 35.1 Å².